The molecule has 1 saturated heterocycles. The average Bonchev–Trinajstić information content (AvgIpc) is 2.75. The lowest BCUT2D eigenvalue weighted by Gasteiger charge is -2.34. The van der Waals surface area contributed by atoms with Gasteiger partial charge in [-0.05, 0) is 29.2 Å². The highest BCUT2D eigenvalue weighted by molar-refractivity contribution is 5.80. The summed E-state index contributed by atoms with van der Waals surface area (Å²) >= 11 is 0. The van der Waals surface area contributed by atoms with Crippen molar-refractivity contribution >= 4 is 17.0 Å². The highest BCUT2D eigenvalue weighted by Crippen LogP contribution is 2.21. The van der Waals surface area contributed by atoms with E-state index < -0.39 is 0 Å². The summed E-state index contributed by atoms with van der Waals surface area (Å²) in [5, 5.41) is 1.05. The molecule has 1 fully saturated rings. The van der Waals surface area contributed by atoms with Crippen LogP contribution in [0.1, 0.15) is 23.6 Å². The standard InChI is InChI=1S/C25H28N2O2/c1-2-20-10-11-23-22(18-25(28)29-24(23)17-20)19-27-15-13-26(14-16-27)12-6-9-21-7-4-3-5-8-21/h3-11,17-18H,2,12-16,19H2,1H3/b9-6+. The first-order valence-corrected chi connectivity index (χ1v) is 10.4. The Balaban J connectivity index is 1.36. The maximum atomic E-state index is 12.0. The summed E-state index contributed by atoms with van der Waals surface area (Å²) in [5.41, 5.74) is 3.94. The first kappa shape index (κ1) is 19.6. The quantitative estimate of drug-likeness (QED) is 0.594. The number of benzene rings is 2. The maximum Gasteiger partial charge on any atom is 0.336 e. The van der Waals surface area contributed by atoms with Gasteiger partial charge in [-0.1, -0.05) is 61.5 Å². The zero-order chi connectivity index (χ0) is 20.1. The van der Waals surface area contributed by atoms with Crippen molar-refractivity contribution in [2.45, 2.75) is 19.9 Å². The van der Waals surface area contributed by atoms with Crippen LogP contribution in [0.2, 0.25) is 0 Å². The molecule has 150 valence electrons. The van der Waals surface area contributed by atoms with Crippen LogP contribution < -0.4 is 5.63 Å². The van der Waals surface area contributed by atoms with Crippen molar-refractivity contribution in [1.82, 2.24) is 9.80 Å². The minimum Gasteiger partial charge on any atom is -0.423 e. The van der Waals surface area contributed by atoms with Crippen molar-refractivity contribution in [3.63, 3.8) is 0 Å². The van der Waals surface area contributed by atoms with Crippen molar-refractivity contribution in [1.29, 1.82) is 0 Å². The Morgan fingerprint density at radius 2 is 1.72 bits per heavy atom. The van der Waals surface area contributed by atoms with Crippen LogP contribution in [0.4, 0.5) is 0 Å². The lowest BCUT2D eigenvalue weighted by atomic mass is 10.1. The SMILES string of the molecule is CCc1ccc2c(CN3CCN(C/C=C/c4ccccc4)CC3)cc(=O)oc2c1. The predicted octanol–water partition coefficient (Wildman–Crippen LogP) is 4.19. The van der Waals surface area contributed by atoms with E-state index in [2.05, 4.69) is 65.3 Å². The molecule has 0 aliphatic carbocycles. The van der Waals surface area contributed by atoms with E-state index in [1.807, 2.05) is 12.1 Å². The third kappa shape index (κ3) is 5.03. The summed E-state index contributed by atoms with van der Waals surface area (Å²) in [6, 6.07) is 18.3. The van der Waals surface area contributed by atoms with E-state index in [0.717, 1.165) is 56.6 Å². The lowest BCUT2D eigenvalue weighted by Crippen LogP contribution is -2.45. The number of piperazine rings is 1. The molecule has 1 aliphatic heterocycles. The molecule has 29 heavy (non-hydrogen) atoms. The first-order chi connectivity index (χ1) is 14.2. The highest BCUT2D eigenvalue weighted by atomic mass is 16.4. The minimum absolute atomic E-state index is 0.259. The third-order valence-electron chi connectivity index (χ3n) is 5.64. The van der Waals surface area contributed by atoms with Crippen LogP contribution in [0, 0.1) is 0 Å². The van der Waals surface area contributed by atoms with Gasteiger partial charge in [0.25, 0.3) is 0 Å². The van der Waals surface area contributed by atoms with Crippen molar-refractivity contribution in [3.8, 4) is 0 Å². The Morgan fingerprint density at radius 1 is 0.966 bits per heavy atom. The molecule has 0 radical (unpaired) electrons. The number of hydrogen-bond donors (Lipinski definition) is 0. The molecule has 0 N–H and O–H groups in total. The molecular formula is C25H28N2O2. The number of fused-ring (bicyclic) bond motifs is 1. The number of nitrogens with zero attached hydrogens (tertiary/aromatic N) is 2. The van der Waals surface area contributed by atoms with Gasteiger partial charge in [0.1, 0.15) is 5.58 Å². The molecule has 4 rings (SSSR count). The Labute approximate surface area is 172 Å². The van der Waals surface area contributed by atoms with Crippen LogP contribution in [-0.2, 0) is 13.0 Å². The zero-order valence-electron chi connectivity index (χ0n) is 17.0. The summed E-state index contributed by atoms with van der Waals surface area (Å²) in [4.78, 5) is 16.9. The van der Waals surface area contributed by atoms with E-state index in [1.54, 1.807) is 6.07 Å². The second-order valence-electron chi connectivity index (χ2n) is 7.66. The van der Waals surface area contributed by atoms with Crippen molar-refractivity contribution in [2.24, 2.45) is 0 Å². The van der Waals surface area contributed by atoms with E-state index >= 15 is 0 Å². The number of rotatable bonds is 6. The zero-order valence-corrected chi connectivity index (χ0v) is 17.0. The first-order valence-electron chi connectivity index (χ1n) is 10.4. The van der Waals surface area contributed by atoms with Crippen LogP contribution in [-0.4, -0.2) is 42.5 Å². The van der Waals surface area contributed by atoms with Gasteiger partial charge < -0.3 is 4.42 Å². The smallest absolute Gasteiger partial charge is 0.336 e. The molecule has 0 saturated carbocycles. The molecule has 1 aromatic heterocycles. The monoisotopic (exact) mass is 388 g/mol. The maximum absolute atomic E-state index is 12.0. The van der Waals surface area contributed by atoms with Crippen LogP contribution >= 0.6 is 0 Å². The predicted molar refractivity (Wildman–Crippen MR) is 119 cm³/mol. The fourth-order valence-corrected chi connectivity index (χ4v) is 3.90. The van der Waals surface area contributed by atoms with Gasteiger partial charge in [0.05, 0.1) is 0 Å². The fraction of sp³-hybridized carbons (Fsp3) is 0.320. The normalized spacial score (nSPS) is 16.0. The molecule has 2 aromatic carbocycles. The second kappa shape index (κ2) is 9.21. The minimum atomic E-state index is -0.259. The molecule has 2 heterocycles. The van der Waals surface area contributed by atoms with Gasteiger partial charge >= 0.3 is 5.63 Å². The van der Waals surface area contributed by atoms with E-state index in [1.165, 1.54) is 11.1 Å². The van der Waals surface area contributed by atoms with Gasteiger partial charge in [0, 0.05) is 50.7 Å². The summed E-state index contributed by atoms with van der Waals surface area (Å²) < 4.78 is 5.44. The fourth-order valence-electron chi connectivity index (χ4n) is 3.90. The summed E-state index contributed by atoms with van der Waals surface area (Å²) in [6.07, 6.45) is 5.36. The van der Waals surface area contributed by atoms with Crippen molar-refractivity contribution in [2.75, 3.05) is 32.7 Å². The summed E-state index contributed by atoms with van der Waals surface area (Å²) in [5.74, 6) is 0. The van der Waals surface area contributed by atoms with Crippen LogP contribution in [0.3, 0.4) is 0 Å². The number of hydrogen-bond acceptors (Lipinski definition) is 4. The van der Waals surface area contributed by atoms with E-state index in [9.17, 15) is 4.79 Å². The van der Waals surface area contributed by atoms with Gasteiger partial charge in [-0.25, -0.2) is 4.79 Å². The second-order valence-corrected chi connectivity index (χ2v) is 7.66. The van der Waals surface area contributed by atoms with Gasteiger partial charge in [-0.2, -0.15) is 0 Å². The summed E-state index contributed by atoms with van der Waals surface area (Å²) in [7, 11) is 0. The van der Waals surface area contributed by atoms with Gasteiger partial charge in [0.2, 0.25) is 0 Å². The molecule has 0 unspecified atom stereocenters. The molecule has 3 aromatic rings. The van der Waals surface area contributed by atoms with Gasteiger partial charge in [-0.15, -0.1) is 0 Å². The van der Waals surface area contributed by atoms with E-state index in [0.29, 0.717) is 5.58 Å². The van der Waals surface area contributed by atoms with Crippen molar-refractivity contribution < 1.29 is 4.42 Å². The van der Waals surface area contributed by atoms with Crippen LogP contribution in [0.15, 0.2) is 69.9 Å². The van der Waals surface area contributed by atoms with E-state index in [4.69, 9.17) is 4.42 Å². The van der Waals surface area contributed by atoms with Crippen LogP contribution in [0.5, 0.6) is 0 Å². The van der Waals surface area contributed by atoms with Crippen molar-refractivity contribution in [3.05, 3.63) is 87.8 Å². The molecule has 0 atom stereocenters. The Bertz CT molecular complexity index is 1030. The Kier molecular flexibility index (Phi) is 6.23. The molecule has 4 nitrogen and oxygen atoms in total. The molecule has 4 heteroatoms. The molecule has 0 spiro atoms. The van der Waals surface area contributed by atoms with E-state index in [-0.39, 0.29) is 5.63 Å². The molecule has 0 bridgehead atoms. The molecular weight excluding hydrogens is 360 g/mol. The lowest BCUT2D eigenvalue weighted by molar-refractivity contribution is 0.137. The summed E-state index contributed by atoms with van der Waals surface area (Å²) in [6.45, 7) is 7.97. The van der Waals surface area contributed by atoms with Crippen LogP contribution in [0.25, 0.3) is 17.0 Å². The highest BCUT2D eigenvalue weighted by Gasteiger charge is 2.17. The largest absolute Gasteiger partial charge is 0.423 e. The number of aryl methyl sites for hydroxylation is 1. The van der Waals surface area contributed by atoms with Gasteiger partial charge in [-0.3, -0.25) is 9.80 Å². The van der Waals surface area contributed by atoms with Gasteiger partial charge in [0.15, 0.2) is 0 Å². The molecule has 0 amide bonds. The topological polar surface area (TPSA) is 36.7 Å². The molecule has 1 aliphatic rings. The Morgan fingerprint density at radius 3 is 2.48 bits per heavy atom. The Hall–Kier alpha value is -2.69. The average molecular weight is 389 g/mol. The third-order valence-corrected chi connectivity index (χ3v) is 5.64.